The van der Waals surface area contributed by atoms with Crippen LogP contribution >= 0.6 is 0 Å². The van der Waals surface area contributed by atoms with Gasteiger partial charge in [0.25, 0.3) is 11.8 Å². The van der Waals surface area contributed by atoms with Crippen molar-refractivity contribution in [2.45, 2.75) is 25.4 Å². The third kappa shape index (κ3) is 4.35. The molecular weight excluding hydrogens is 420 g/mol. The molecule has 2 heterocycles. The Morgan fingerprint density at radius 3 is 2.84 bits per heavy atom. The number of primary amides is 1. The fourth-order valence-corrected chi connectivity index (χ4v) is 4.14. The number of nitrogens with zero attached hydrogens (tertiary/aromatic N) is 1. The number of hydrogen-bond acceptors (Lipinski definition) is 5. The normalized spacial score (nSPS) is 16.5. The second-order valence-corrected chi connectivity index (χ2v) is 7.81. The maximum absolute atomic E-state index is 14.1. The maximum atomic E-state index is 14.1. The zero-order chi connectivity index (χ0) is 22.8. The number of halogens is 2. The number of hydrogen-bond donors (Lipinski definition) is 2. The van der Waals surface area contributed by atoms with Gasteiger partial charge in [-0.3, -0.25) is 14.5 Å². The van der Waals surface area contributed by atoms with Crippen molar-refractivity contribution in [2.24, 2.45) is 5.73 Å². The molecule has 9 heteroatoms. The highest BCUT2D eigenvalue weighted by atomic mass is 19.1. The number of benzene rings is 2. The van der Waals surface area contributed by atoms with E-state index >= 15 is 0 Å². The quantitative estimate of drug-likeness (QED) is 0.581. The minimum absolute atomic E-state index is 0.0831. The summed E-state index contributed by atoms with van der Waals surface area (Å²) in [5, 5.41) is 2.45. The highest BCUT2D eigenvalue weighted by molar-refractivity contribution is 6.14. The summed E-state index contributed by atoms with van der Waals surface area (Å²) in [6.07, 6.45) is 2.15. The zero-order valence-corrected chi connectivity index (χ0v) is 17.5. The molecule has 1 saturated heterocycles. The van der Waals surface area contributed by atoms with E-state index in [-0.39, 0.29) is 16.7 Å². The third-order valence-electron chi connectivity index (χ3n) is 5.60. The van der Waals surface area contributed by atoms with E-state index in [0.717, 1.165) is 31.0 Å². The fraction of sp³-hybridized carbons (Fsp3) is 0.304. The standard InChI is InChI=1S/C23H23F2N3O4/c1-31-12-16-6-3-7-28(16)11-13-4-2-5-14(8-13)23(30)27-19-17-9-15(24)10-18(25)20(17)32-21(19)22(26)29/h2,4-5,8-10,16H,3,6-7,11-12H2,1H3,(H2,26,29)(H,27,30)/t16-/m0/s1. The zero-order valence-electron chi connectivity index (χ0n) is 17.5. The van der Waals surface area contributed by atoms with E-state index in [0.29, 0.717) is 30.8 Å². The molecule has 1 aromatic heterocycles. The number of furan rings is 1. The van der Waals surface area contributed by atoms with Gasteiger partial charge in [-0.1, -0.05) is 12.1 Å². The van der Waals surface area contributed by atoms with Gasteiger partial charge in [0.15, 0.2) is 11.4 Å². The second kappa shape index (κ2) is 9.05. The van der Waals surface area contributed by atoms with Crippen LogP contribution in [0.1, 0.15) is 39.3 Å². The second-order valence-electron chi connectivity index (χ2n) is 7.81. The SMILES string of the molecule is COC[C@@H]1CCCN1Cc1cccc(C(=O)Nc2c(C(N)=O)oc3c(F)cc(F)cc23)c1. The number of rotatable bonds is 7. The number of anilines is 1. The van der Waals surface area contributed by atoms with Crippen LogP contribution in [-0.4, -0.2) is 43.0 Å². The molecular formula is C23H23F2N3O4. The Kier molecular flexibility index (Phi) is 6.20. The monoisotopic (exact) mass is 443 g/mol. The molecule has 0 saturated carbocycles. The minimum Gasteiger partial charge on any atom is -0.446 e. The number of nitrogens with one attached hydrogen (secondary N) is 1. The van der Waals surface area contributed by atoms with Crippen molar-refractivity contribution in [3.05, 3.63) is 64.9 Å². The molecule has 1 fully saturated rings. The molecule has 1 atom stereocenters. The number of methoxy groups -OCH3 is 1. The van der Waals surface area contributed by atoms with Gasteiger partial charge >= 0.3 is 0 Å². The Hall–Kier alpha value is -3.30. The van der Waals surface area contributed by atoms with Crippen LogP contribution in [0.25, 0.3) is 11.0 Å². The van der Waals surface area contributed by atoms with Crippen molar-refractivity contribution in [1.82, 2.24) is 4.90 Å². The first-order valence-electron chi connectivity index (χ1n) is 10.2. The molecule has 2 aromatic carbocycles. The highest BCUT2D eigenvalue weighted by Crippen LogP contribution is 2.33. The molecule has 4 rings (SSSR count). The van der Waals surface area contributed by atoms with Crippen molar-refractivity contribution in [3.8, 4) is 0 Å². The number of carbonyl (C=O) groups is 2. The summed E-state index contributed by atoms with van der Waals surface area (Å²) in [5.74, 6) is -3.89. The van der Waals surface area contributed by atoms with Gasteiger partial charge in [0, 0.05) is 31.3 Å². The Bertz CT molecular complexity index is 1180. The molecule has 0 spiro atoms. The summed E-state index contributed by atoms with van der Waals surface area (Å²) in [5.41, 5.74) is 6.05. The Morgan fingerprint density at radius 1 is 1.28 bits per heavy atom. The van der Waals surface area contributed by atoms with E-state index in [1.54, 1.807) is 25.3 Å². The maximum Gasteiger partial charge on any atom is 0.286 e. The lowest BCUT2D eigenvalue weighted by Crippen LogP contribution is -2.32. The number of fused-ring (bicyclic) bond motifs is 1. The number of likely N-dealkylation sites (tertiary alicyclic amines) is 1. The summed E-state index contributed by atoms with van der Waals surface area (Å²) in [4.78, 5) is 27.0. The topological polar surface area (TPSA) is 97.8 Å². The average molecular weight is 443 g/mol. The first-order valence-corrected chi connectivity index (χ1v) is 10.2. The van der Waals surface area contributed by atoms with E-state index < -0.39 is 29.2 Å². The lowest BCUT2D eigenvalue weighted by molar-refractivity contribution is 0.0977. The van der Waals surface area contributed by atoms with E-state index in [9.17, 15) is 18.4 Å². The van der Waals surface area contributed by atoms with E-state index in [4.69, 9.17) is 14.9 Å². The van der Waals surface area contributed by atoms with E-state index in [1.807, 2.05) is 6.07 Å². The molecule has 0 radical (unpaired) electrons. The van der Waals surface area contributed by atoms with Gasteiger partial charge in [-0.15, -0.1) is 0 Å². The number of nitrogens with two attached hydrogens (primary N) is 1. The van der Waals surface area contributed by atoms with Crippen LogP contribution in [0.3, 0.4) is 0 Å². The molecule has 168 valence electrons. The Labute approximate surface area is 183 Å². The molecule has 1 aliphatic rings. The summed E-state index contributed by atoms with van der Waals surface area (Å²) >= 11 is 0. The molecule has 3 aromatic rings. The third-order valence-corrected chi connectivity index (χ3v) is 5.60. The van der Waals surface area contributed by atoms with Crippen LogP contribution in [0.15, 0.2) is 40.8 Å². The Balaban J connectivity index is 1.60. The highest BCUT2D eigenvalue weighted by Gasteiger charge is 2.26. The lowest BCUT2D eigenvalue weighted by Gasteiger charge is -2.24. The predicted octanol–water partition coefficient (Wildman–Crippen LogP) is 3.67. The van der Waals surface area contributed by atoms with Crippen molar-refractivity contribution in [3.63, 3.8) is 0 Å². The molecule has 3 N–H and O–H groups in total. The van der Waals surface area contributed by atoms with Gasteiger partial charge in [-0.2, -0.15) is 0 Å². The summed E-state index contributed by atoms with van der Waals surface area (Å²) < 4.78 is 38.3. The van der Waals surface area contributed by atoms with E-state index in [2.05, 4.69) is 10.2 Å². The molecule has 0 bridgehead atoms. The molecule has 32 heavy (non-hydrogen) atoms. The number of ether oxygens (including phenoxy) is 1. The smallest absolute Gasteiger partial charge is 0.286 e. The van der Waals surface area contributed by atoms with Crippen LogP contribution in [0.2, 0.25) is 0 Å². The van der Waals surface area contributed by atoms with Gasteiger partial charge in [0.2, 0.25) is 5.76 Å². The minimum atomic E-state index is -1.01. The molecule has 0 unspecified atom stereocenters. The molecule has 1 aliphatic heterocycles. The van der Waals surface area contributed by atoms with Crippen molar-refractivity contribution >= 4 is 28.5 Å². The summed E-state index contributed by atoms with van der Waals surface area (Å²) in [6, 6.07) is 8.97. The molecule has 0 aliphatic carbocycles. The van der Waals surface area contributed by atoms with Gasteiger partial charge < -0.3 is 20.2 Å². The lowest BCUT2D eigenvalue weighted by atomic mass is 10.1. The van der Waals surface area contributed by atoms with Gasteiger partial charge in [0.1, 0.15) is 11.5 Å². The van der Waals surface area contributed by atoms with Gasteiger partial charge in [-0.05, 0) is 43.1 Å². The molecule has 2 amide bonds. The van der Waals surface area contributed by atoms with E-state index in [1.165, 1.54) is 0 Å². The van der Waals surface area contributed by atoms with Crippen LogP contribution in [0.5, 0.6) is 0 Å². The predicted molar refractivity (Wildman–Crippen MR) is 114 cm³/mol. The molecule has 7 nitrogen and oxygen atoms in total. The van der Waals surface area contributed by atoms with Crippen molar-refractivity contribution in [2.75, 3.05) is 25.6 Å². The van der Waals surface area contributed by atoms with Crippen LogP contribution < -0.4 is 11.1 Å². The first-order chi connectivity index (χ1) is 15.4. The summed E-state index contributed by atoms with van der Waals surface area (Å²) in [7, 11) is 1.68. The van der Waals surface area contributed by atoms with Gasteiger partial charge in [0.05, 0.1) is 12.0 Å². The van der Waals surface area contributed by atoms with Crippen molar-refractivity contribution in [1.29, 1.82) is 0 Å². The van der Waals surface area contributed by atoms with Crippen LogP contribution in [0.4, 0.5) is 14.5 Å². The number of carbonyl (C=O) groups excluding carboxylic acids is 2. The largest absolute Gasteiger partial charge is 0.446 e. The first kappa shape index (κ1) is 21.9. The summed E-state index contributed by atoms with van der Waals surface area (Å²) in [6.45, 7) is 2.26. The number of amides is 2. The fourth-order valence-electron chi connectivity index (χ4n) is 4.14. The Morgan fingerprint density at radius 2 is 2.09 bits per heavy atom. The van der Waals surface area contributed by atoms with Crippen LogP contribution in [0, 0.1) is 11.6 Å². The van der Waals surface area contributed by atoms with Gasteiger partial charge in [-0.25, -0.2) is 8.78 Å². The van der Waals surface area contributed by atoms with Crippen molar-refractivity contribution < 1.29 is 27.5 Å². The van der Waals surface area contributed by atoms with Crippen LogP contribution in [-0.2, 0) is 11.3 Å². The average Bonchev–Trinajstić information content (AvgIpc) is 3.33.